The molecular formula is C15H21N4O2+. The minimum Gasteiger partial charge on any atom is -0.311 e. The lowest BCUT2D eigenvalue weighted by Crippen LogP contribution is -2.90. The minimum absolute atomic E-state index is 0.145. The zero-order chi connectivity index (χ0) is 15.7. The average molecular weight is 289 g/mol. The number of ether oxygens (including phenoxy) is 2. The predicted molar refractivity (Wildman–Crippen MR) is 73.0 cm³/mol. The molecule has 0 aromatic carbocycles. The lowest BCUT2D eigenvalue weighted by Gasteiger charge is -2.28. The van der Waals surface area contributed by atoms with E-state index in [1.807, 2.05) is 13.8 Å². The van der Waals surface area contributed by atoms with Crippen LogP contribution in [-0.2, 0) is 9.47 Å². The van der Waals surface area contributed by atoms with Crippen LogP contribution in [0.3, 0.4) is 0 Å². The summed E-state index contributed by atoms with van der Waals surface area (Å²) in [4.78, 5) is 2.98. The van der Waals surface area contributed by atoms with Crippen LogP contribution in [0.1, 0.15) is 34.1 Å². The Kier molecular flexibility index (Phi) is 2.57. The second-order valence-electron chi connectivity index (χ2n) is 7.05. The Morgan fingerprint density at radius 2 is 2.10 bits per heavy atom. The van der Waals surface area contributed by atoms with Gasteiger partial charge < -0.3 is 9.47 Å². The van der Waals surface area contributed by atoms with Crippen LogP contribution in [0.25, 0.3) is 0 Å². The van der Waals surface area contributed by atoms with Gasteiger partial charge in [-0.3, -0.25) is 5.73 Å². The Hall–Kier alpha value is -1.63. The number of fused-ring (bicyclic) bond motifs is 2. The highest BCUT2D eigenvalue weighted by Crippen LogP contribution is 2.84. The number of hydrogen-bond acceptors (Lipinski definition) is 5. The normalized spacial score (nSPS) is 50.6. The third-order valence-corrected chi connectivity index (χ3v) is 5.39. The molecule has 3 aliphatic rings. The SMILES string of the molecule is CC(C)C[C@@]1(C)[C@]2(C#N)C(N)=[NH+][C@@]3(OC[C@@H](C)O3)[C@]12C#N. The highest BCUT2D eigenvalue weighted by atomic mass is 16.8. The molecule has 0 bridgehead atoms. The molecule has 0 aromatic heterocycles. The highest BCUT2D eigenvalue weighted by molar-refractivity contribution is 5.94. The van der Waals surface area contributed by atoms with Gasteiger partial charge in [-0.2, -0.15) is 10.5 Å². The summed E-state index contributed by atoms with van der Waals surface area (Å²) in [6, 6.07) is 4.66. The number of nitrogens with two attached hydrogens (primary N) is 1. The quantitative estimate of drug-likeness (QED) is 0.720. The number of rotatable bonds is 2. The second kappa shape index (κ2) is 3.76. The zero-order valence-corrected chi connectivity index (χ0v) is 12.9. The first kappa shape index (κ1) is 14.3. The molecule has 5 atom stereocenters. The molecular weight excluding hydrogens is 268 g/mol. The molecule has 3 rings (SSSR count). The third-order valence-electron chi connectivity index (χ3n) is 5.39. The molecule has 6 heteroatoms. The van der Waals surface area contributed by atoms with E-state index < -0.39 is 22.2 Å². The van der Waals surface area contributed by atoms with Crippen LogP contribution in [0.2, 0.25) is 0 Å². The van der Waals surface area contributed by atoms with E-state index in [1.165, 1.54) is 0 Å². The maximum absolute atomic E-state index is 9.97. The molecule has 1 aliphatic carbocycles. The van der Waals surface area contributed by atoms with E-state index in [-0.39, 0.29) is 6.10 Å². The van der Waals surface area contributed by atoms with Crippen LogP contribution in [0, 0.1) is 44.8 Å². The molecule has 6 nitrogen and oxygen atoms in total. The molecule has 112 valence electrons. The standard InChI is InChI=1S/C15H20N4O2/c1-9(2)5-12(4)13(7-16)11(18)19-15(14(12,13)8-17)20-6-10(3)21-15/h9-10H,5-6H2,1-4H3,(H2,18,19)/p+1/t10-,12+,13+,14-,15-/m1/s1. The maximum atomic E-state index is 9.97. The van der Waals surface area contributed by atoms with Gasteiger partial charge >= 0.3 is 5.91 Å². The van der Waals surface area contributed by atoms with Crippen LogP contribution in [0.15, 0.2) is 0 Å². The van der Waals surface area contributed by atoms with Crippen molar-refractivity contribution in [3.63, 3.8) is 0 Å². The van der Waals surface area contributed by atoms with Crippen molar-refractivity contribution in [2.75, 3.05) is 6.61 Å². The summed E-state index contributed by atoms with van der Waals surface area (Å²) < 4.78 is 11.8. The molecule has 2 aliphatic heterocycles. The Morgan fingerprint density at radius 3 is 2.52 bits per heavy atom. The predicted octanol–water partition coefficient (Wildman–Crippen LogP) is -0.387. The summed E-state index contributed by atoms with van der Waals surface area (Å²) in [6.07, 6.45) is 0.563. The lowest BCUT2D eigenvalue weighted by molar-refractivity contribution is -0.680. The fourth-order valence-corrected chi connectivity index (χ4v) is 4.78. The highest BCUT2D eigenvalue weighted by Gasteiger charge is 3.02. The summed E-state index contributed by atoms with van der Waals surface area (Å²) in [5.41, 5.74) is 3.39. The van der Waals surface area contributed by atoms with Crippen molar-refractivity contribution >= 4 is 5.84 Å². The van der Waals surface area contributed by atoms with E-state index in [0.717, 1.165) is 0 Å². The molecule has 1 spiro atoms. The fraction of sp³-hybridized carbons (Fsp3) is 0.800. The second-order valence-corrected chi connectivity index (χ2v) is 7.05. The number of hydrogen-bond donors (Lipinski definition) is 2. The Labute approximate surface area is 124 Å². The van der Waals surface area contributed by atoms with Gasteiger partial charge in [0.1, 0.15) is 0 Å². The van der Waals surface area contributed by atoms with Gasteiger partial charge in [0.25, 0.3) is 5.84 Å². The van der Waals surface area contributed by atoms with E-state index in [9.17, 15) is 10.5 Å². The molecule has 0 radical (unpaired) electrons. The van der Waals surface area contributed by atoms with Crippen LogP contribution < -0.4 is 10.7 Å². The van der Waals surface area contributed by atoms with Crippen molar-refractivity contribution in [3.05, 3.63) is 0 Å². The first-order valence-corrected chi connectivity index (χ1v) is 7.32. The third kappa shape index (κ3) is 1.15. The van der Waals surface area contributed by atoms with E-state index in [2.05, 4.69) is 31.0 Å². The van der Waals surface area contributed by atoms with E-state index in [0.29, 0.717) is 24.8 Å². The largest absolute Gasteiger partial charge is 0.343 e. The number of nitriles is 2. The summed E-state index contributed by atoms with van der Waals surface area (Å²) in [7, 11) is 0. The topological polar surface area (TPSA) is 106 Å². The van der Waals surface area contributed by atoms with Crippen molar-refractivity contribution in [2.45, 2.75) is 46.1 Å². The molecule has 1 saturated carbocycles. The Balaban J connectivity index is 2.20. The van der Waals surface area contributed by atoms with Gasteiger partial charge in [-0.05, 0) is 19.3 Å². The van der Waals surface area contributed by atoms with Crippen molar-refractivity contribution in [1.82, 2.24) is 0 Å². The first-order valence-electron chi connectivity index (χ1n) is 7.32. The molecule has 2 heterocycles. The van der Waals surface area contributed by atoms with Crippen molar-refractivity contribution < 1.29 is 14.5 Å². The summed E-state index contributed by atoms with van der Waals surface area (Å²) >= 11 is 0. The van der Waals surface area contributed by atoms with Gasteiger partial charge in [-0.1, -0.05) is 20.8 Å². The van der Waals surface area contributed by atoms with Gasteiger partial charge in [0, 0.05) is 5.41 Å². The van der Waals surface area contributed by atoms with Gasteiger partial charge in [0.15, 0.2) is 10.8 Å². The molecule has 0 unspecified atom stereocenters. The fourth-order valence-electron chi connectivity index (χ4n) is 4.78. The smallest absolute Gasteiger partial charge is 0.311 e. The summed E-state index contributed by atoms with van der Waals surface area (Å²) in [5, 5.41) is 19.8. The average Bonchev–Trinajstić information content (AvgIpc) is 2.62. The maximum Gasteiger partial charge on any atom is 0.343 e. The van der Waals surface area contributed by atoms with E-state index in [4.69, 9.17) is 15.2 Å². The van der Waals surface area contributed by atoms with Crippen LogP contribution in [-0.4, -0.2) is 24.5 Å². The van der Waals surface area contributed by atoms with Gasteiger partial charge in [-0.25, -0.2) is 4.99 Å². The molecule has 0 aromatic rings. The molecule has 2 fully saturated rings. The number of nitrogens with one attached hydrogen (secondary N) is 1. The van der Waals surface area contributed by atoms with E-state index >= 15 is 0 Å². The van der Waals surface area contributed by atoms with Crippen molar-refractivity contribution in [1.29, 1.82) is 10.5 Å². The Morgan fingerprint density at radius 1 is 1.43 bits per heavy atom. The number of amidine groups is 1. The van der Waals surface area contributed by atoms with Gasteiger partial charge in [-0.15, -0.1) is 0 Å². The molecule has 0 amide bonds. The van der Waals surface area contributed by atoms with Gasteiger partial charge in [0.2, 0.25) is 0 Å². The van der Waals surface area contributed by atoms with Crippen LogP contribution in [0.4, 0.5) is 0 Å². The summed E-state index contributed by atoms with van der Waals surface area (Å²) in [6.45, 7) is 8.36. The van der Waals surface area contributed by atoms with Crippen LogP contribution in [0.5, 0.6) is 0 Å². The molecule has 21 heavy (non-hydrogen) atoms. The number of nitrogens with zero attached hydrogens (tertiary/aromatic N) is 2. The molecule has 3 N–H and O–H groups in total. The summed E-state index contributed by atoms with van der Waals surface area (Å²) in [5.74, 6) is -0.673. The Bertz CT molecular complexity index is 618. The monoisotopic (exact) mass is 289 g/mol. The lowest BCUT2D eigenvalue weighted by atomic mass is 9.84. The van der Waals surface area contributed by atoms with Crippen molar-refractivity contribution in [3.8, 4) is 12.1 Å². The van der Waals surface area contributed by atoms with E-state index in [1.54, 1.807) is 0 Å². The minimum atomic E-state index is -1.30. The molecule has 1 saturated heterocycles. The van der Waals surface area contributed by atoms with Crippen LogP contribution >= 0.6 is 0 Å². The van der Waals surface area contributed by atoms with Crippen molar-refractivity contribution in [2.24, 2.45) is 27.9 Å². The van der Waals surface area contributed by atoms with Gasteiger partial charge in [0.05, 0.1) is 24.8 Å². The first-order chi connectivity index (χ1) is 9.77. The zero-order valence-electron chi connectivity index (χ0n) is 12.9.